The molecule has 2 fully saturated rings. The molecule has 1 unspecified atom stereocenters. The summed E-state index contributed by atoms with van der Waals surface area (Å²) in [5.41, 5.74) is 7.21. The fourth-order valence-corrected chi connectivity index (χ4v) is 3.85. The van der Waals surface area contributed by atoms with Crippen LogP contribution in [0.25, 0.3) is 0 Å². The molecule has 128 valence electrons. The van der Waals surface area contributed by atoms with Gasteiger partial charge < -0.3 is 20.4 Å². The van der Waals surface area contributed by atoms with Gasteiger partial charge in [-0.25, -0.2) is 9.97 Å². The van der Waals surface area contributed by atoms with Crippen molar-refractivity contribution in [1.82, 2.24) is 14.9 Å². The predicted octanol–water partition coefficient (Wildman–Crippen LogP) is 1.83. The van der Waals surface area contributed by atoms with E-state index >= 15 is 0 Å². The monoisotopic (exact) mass is 318 g/mol. The normalized spacial score (nSPS) is 24.0. The maximum atomic E-state index is 6.48. The zero-order valence-electron chi connectivity index (χ0n) is 14.7. The lowest BCUT2D eigenvalue weighted by Gasteiger charge is -2.37. The molecule has 0 radical (unpaired) electrons. The first-order valence-electron chi connectivity index (χ1n) is 8.83. The van der Waals surface area contributed by atoms with Crippen molar-refractivity contribution in [3.05, 3.63) is 6.33 Å². The highest BCUT2D eigenvalue weighted by Crippen LogP contribution is 2.33. The summed E-state index contributed by atoms with van der Waals surface area (Å²) in [6.07, 6.45) is 6.50. The van der Waals surface area contributed by atoms with Gasteiger partial charge in [-0.15, -0.1) is 0 Å². The number of likely N-dealkylation sites (tertiary alicyclic amines) is 1. The minimum absolute atomic E-state index is 0.511. The molecular weight excluding hydrogens is 288 g/mol. The molecule has 0 spiro atoms. The second kappa shape index (κ2) is 6.91. The topological polar surface area (TPSA) is 61.5 Å². The third-order valence-electron chi connectivity index (χ3n) is 5.37. The molecule has 0 aromatic carbocycles. The van der Waals surface area contributed by atoms with E-state index < -0.39 is 0 Å². The van der Waals surface area contributed by atoms with Crippen molar-refractivity contribution < 1.29 is 0 Å². The Morgan fingerprint density at radius 3 is 2.61 bits per heavy atom. The molecule has 6 heteroatoms. The highest BCUT2D eigenvalue weighted by atomic mass is 15.3. The first-order chi connectivity index (χ1) is 11.1. The molecule has 0 bridgehead atoms. The molecule has 0 aliphatic carbocycles. The van der Waals surface area contributed by atoms with E-state index in [9.17, 15) is 0 Å². The number of aromatic nitrogens is 2. The van der Waals surface area contributed by atoms with Gasteiger partial charge in [0.2, 0.25) is 0 Å². The summed E-state index contributed by atoms with van der Waals surface area (Å²) >= 11 is 0. The standard InChI is InChI=1S/C17H30N6/c1-13-5-4-8-23(11-13)17-15(18)16(19-12-20-17)22(3)14-6-9-21(2)10-7-14/h12-14H,4-11,18H2,1-3H3. The second-order valence-corrected chi connectivity index (χ2v) is 7.27. The number of rotatable bonds is 3. The molecule has 23 heavy (non-hydrogen) atoms. The van der Waals surface area contributed by atoms with Crippen LogP contribution in [0, 0.1) is 5.92 Å². The van der Waals surface area contributed by atoms with Gasteiger partial charge in [0.1, 0.15) is 12.0 Å². The Hall–Kier alpha value is -1.56. The summed E-state index contributed by atoms with van der Waals surface area (Å²) in [4.78, 5) is 16.0. The van der Waals surface area contributed by atoms with Crippen molar-refractivity contribution in [2.24, 2.45) is 5.92 Å². The van der Waals surface area contributed by atoms with Crippen LogP contribution in [0.3, 0.4) is 0 Å². The zero-order valence-corrected chi connectivity index (χ0v) is 14.7. The van der Waals surface area contributed by atoms with Crippen LogP contribution in [-0.2, 0) is 0 Å². The molecule has 6 nitrogen and oxygen atoms in total. The van der Waals surface area contributed by atoms with E-state index in [0.717, 1.165) is 56.3 Å². The molecule has 2 aliphatic heterocycles. The van der Waals surface area contributed by atoms with E-state index in [0.29, 0.717) is 12.0 Å². The lowest BCUT2D eigenvalue weighted by molar-refractivity contribution is 0.252. The van der Waals surface area contributed by atoms with Crippen molar-refractivity contribution in [2.45, 2.75) is 38.6 Å². The van der Waals surface area contributed by atoms with Gasteiger partial charge in [-0.3, -0.25) is 0 Å². The third-order valence-corrected chi connectivity index (χ3v) is 5.37. The fourth-order valence-electron chi connectivity index (χ4n) is 3.85. The minimum Gasteiger partial charge on any atom is -0.393 e. The summed E-state index contributed by atoms with van der Waals surface area (Å²) in [6.45, 7) is 6.66. The Labute approximate surface area is 139 Å². The smallest absolute Gasteiger partial charge is 0.157 e. The van der Waals surface area contributed by atoms with Gasteiger partial charge >= 0.3 is 0 Å². The van der Waals surface area contributed by atoms with Crippen LogP contribution >= 0.6 is 0 Å². The molecular formula is C17H30N6. The molecule has 3 rings (SSSR count). The van der Waals surface area contributed by atoms with Crippen molar-refractivity contribution in [1.29, 1.82) is 0 Å². The molecule has 1 aromatic heterocycles. The van der Waals surface area contributed by atoms with E-state index in [2.05, 4.69) is 45.7 Å². The van der Waals surface area contributed by atoms with Crippen molar-refractivity contribution in [2.75, 3.05) is 55.8 Å². The Morgan fingerprint density at radius 2 is 1.91 bits per heavy atom. The largest absolute Gasteiger partial charge is 0.393 e. The molecule has 1 aromatic rings. The lowest BCUT2D eigenvalue weighted by atomic mass is 10.0. The molecule has 3 heterocycles. The van der Waals surface area contributed by atoms with E-state index in [4.69, 9.17) is 5.73 Å². The Bertz CT molecular complexity index is 526. The Kier molecular flexibility index (Phi) is 4.90. The van der Waals surface area contributed by atoms with Gasteiger partial charge in [0.15, 0.2) is 11.6 Å². The van der Waals surface area contributed by atoms with Crippen LogP contribution in [0.2, 0.25) is 0 Å². The van der Waals surface area contributed by atoms with Crippen molar-refractivity contribution >= 4 is 17.3 Å². The van der Waals surface area contributed by atoms with E-state index in [1.54, 1.807) is 6.33 Å². The van der Waals surface area contributed by atoms with Gasteiger partial charge in [0.25, 0.3) is 0 Å². The maximum Gasteiger partial charge on any atom is 0.157 e. The first-order valence-corrected chi connectivity index (χ1v) is 8.83. The lowest BCUT2D eigenvalue weighted by Crippen LogP contribution is -2.42. The number of nitrogens with two attached hydrogens (primary N) is 1. The maximum absolute atomic E-state index is 6.48. The van der Waals surface area contributed by atoms with Crippen LogP contribution in [0.4, 0.5) is 17.3 Å². The summed E-state index contributed by atoms with van der Waals surface area (Å²) in [5, 5.41) is 0. The predicted molar refractivity (Wildman–Crippen MR) is 96.0 cm³/mol. The van der Waals surface area contributed by atoms with E-state index in [1.807, 2.05) is 0 Å². The summed E-state index contributed by atoms with van der Waals surface area (Å²) in [5.74, 6) is 2.51. The third kappa shape index (κ3) is 3.52. The summed E-state index contributed by atoms with van der Waals surface area (Å²) in [7, 11) is 4.31. The average molecular weight is 318 g/mol. The van der Waals surface area contributed by atoms with Crippen LogP contribution in [0.5, 0.6) is 0 Å². The average Bonchev–Trinajstić information content (AvgIpc) is 2.55. The van der Waals surface area contributed by atoms with Gasteiger partial charge in [-0.05, 0) is 51.7 Å². The van der Waals surface area contributed by atoms with Gasteiger partial charge in [0.05, 0.1) is 0 Å². The Morgan fingerprint density at radius 1 is 1.17 bits per heavy atom. The summed E-state index contributed by atoms with van der Waals surface area (Å²) < 4.78 is 0. The van der Waals surface area contributed by atoms with Gasteiger partial charge in [0, 0.05) is 26.2 Å². The number of hydrogen-bond donors (Lipinski definition) is 1. The molecule has 1 atom stereocenters. The van der Waals surface area contributed by atoms with Crippen LogP contribution in [-0.4, -0.2) is 61.2 Å². The molecule has 2 N–H and O–H groups in total. The fraction of sp³-hybridized carbons (Fsp3) is 0.765. The quantitative estimate of drug-likeness (QED) is 0.917. The number of piperidine rings is 2. The molecule has 2 saturated heterocycles. The van der Waals surface area contributed by atoms with E-state index in [1.165, 1.54) is 12.8 Å². The van der Waals surface area contributed by atoms with Crippen LogP contribution < -0.4 is 15.5 Å². The van der Waals surface area contributed by atoms with Crippen molar-refractivity contribution in [3.8, 4) is 0 Å². The van der Waals surface area contributed by atoms with Gasteiger partial charge in [-0.1, -0.05) is 6.92 Å². The molecule has 0 amide bonds. The minimum atomic E-state index is 0.511. The van der Waals surface area contributed by atoms with Crippen molar-refractivity contribution in [3.63, 3.8) is 0 Å². The molecule has 0 saturated carbocycles. The molecule has 2 aliphatic rings. The van der Waals surface area contributed by atoms with Crippen LogP contribution in [0.1, 0.15) is 32.6 Å². The highest BCUT2D eigenvalue weighted by Gasteiger charge is 2.26. The second-order valence-electron chi connectivity index (χ2n) is 7.27. The Balaban J connectivity index is 1.79. The van der Waals surface area contributed by atoms with E-state index in [-0.39, 0.29) is 0 Å². The highest BCUT2D eigenvalue weighted by molar-refractivity contribution is 5.75. The zero-order chi connectivity index (χ0) is 16.4. The number of anilines is 3. The first kappa shape index (κ1) is 16.3. The number of nitrogens with zero attached hydrogens (tertiary/aromatic N) is 5. The SMILES string of the molecule is CC1CCCN(c2ncnc(N(C)C3CCN(C)CC3)c2N)C1. The number of nitrogen functional groups attached to an aromatic ring is 1. The number of hydrogen-bond acceptors (Lipinski definition) is 6. The van der Waals surface area contributed by atoms with Crippen LogP contribution in [0.15, 0.2) is 6.33 Å². The van der Waals surface area contributed by atoms with Gasteiger partial charge in [-0.2, -0.15) is 0 Å². The summed E-state index contributed by atoms with van der Waals surface area (Å²) in [6, 6.07) is 0.511.